The van der Waals surface area contributed by atoms with Gasteiger partial charge >= 0.3 is 0 Å². The van der Waals surface area contributed by atoms with Crippen LogP contribution in [0, 0.1) is 0 Å². The zero-order valence-electron chi connectivity index (χ0n) is 38.2. The number of allylic oxidation sites excluding steroid dienone is 9. The largest absolute Gasteiger partial charge is 0.394 e. The van der Waals surface area contributed by atoms with Crippen molar-refractivity contribution in [3.8, 4) is 0 Å². The number of ether oxygens (including phenoxy) is 2. The molecule has 1 aliphatic heterocycles. The van der Waals surface area contributed by atoms with Gasteiger partial charge < -0.3 is 40.3 Å². The molecule has 60 heavy (non-hydrogen) atoms. The summed E-state index contributed by atoms with van der Waals surface area (Å²) in [4.78, 5) is 13.0. The molecule has 0 aromatic rings. The average molecular weight is 846 g/mol. The fourth-order valence-electron chi connectivity index (χ4n) is 7.42. The Kier molecular flexibility index (Phi) is 38.1. The van der Waals surface area contributed by atoms with Gasteiger partial charge in [0.25, 0.3) is 0 Å². The number of rotatable bonds is 40. The van der Waals surface area contributed by atoms with Crippen LogP contribution in [0.5, 0.6) is 0 Å². The molecule has 1 rings (SSSR count). The van der Waals surface area contributed by atoms with Crippen molar-refractivity contribution in [2.24, 2.45) is 0 Å². The molecule has 0 radical (unpaired) electrons. The lowest BCUT2D eigenvalue weighted by atomic mass is 9.99. The monoisotopic (exact) mass is 846 g/mol. The van der Waals surface area contributed by atoms with E-state index in [2.05, 4.69) is 67.8 Å². The highest BCUT2D eigenvalue weighted by Gasteiger charge is 2.44. The second-order valence-corrected chi connectivity index (χ2v) is 16.9. The van der Waals surface area contributed by atoms with Gasteiger partial charge in [-0.1, -0.05) is 190 Å². The molecule has 0 saturated carbocycles. The minimum absolute atomic E-state index is 0.199. The number of carbonyl (C=O) groups excluding carboxylic acids is 1. The van der Waals surface area contributed by atoms with Gasteiger partial charge in [-0.25, -0.2) is 0 Å². The van der Waals surface area contributed by atoms with Gasteiger partial charge in [0.1, 0.15) is 24.4 Å². The smallest absolute Gasteiger partial charge is 0.220 e. The number of amides is 1. The molecule has 0 aliphatic carbocycles. The lowest BCUT2D eigenvalue weighted by Crippen LogP contribution is -2.60. The van der Waals surface area contributed by atoms with Crippen molar-refractivity contribution in [1.82, 2.24) is 5.32 Å². The van der Waals surface area contributed by atoms with Crippen LogP contribution in [-0.4, -0.2) is 87.5 Å². The van der Waals surface area contributed by atoms with Crippen molar-refractivity contribution in [1.29, 1.82) is 0 Å². The molecule has 0 bridgehead atoms. The molecular weight excluding hydrogens is 755 g/mol. The SMILES string of the molecule is CC/C=C\C/C=C\C/C=C\CCCCCCCCCC(=O)NC(COC1OC(CO)C(O)C(O)C1O)C(O)/C=C/CC/C=C/CCCCCCCCCCCCCCCC. The molecule has 0 spiro atoms. The summed E-state index contributed by atoms with van der Waals surface area (Å²) < 4.78 is 11.2. The predicted octanol–water partition coefficient (Wildman–Crippen LogP) is 10.8. The van der Waals surface area contributed by atoms with E-state index in [0.29, 0.717) is 6.42 Å². The third-order valence-corrected chi connectivity index (χ3v) is 11.3. The Bertz CT molecular complexity index is 1120. The van der Waals surface area contributed by atoms with Crippen molar-refractivity contribution in [3.05, 3.63) is 60.8 Å². The predicted molar refractivity (Wildman–Crippen MR) is 249 cm³/mol. The summed E-state index contributed by atoms with van der Waals surface area (Å²) in [5.41, 5.74) is 0. The summed E-state index contributed by atoms with van der Waals surface area (Å²) in [6, 6.07) is -0.829. The summed E-state index contributed by atoms with van der Waals surface area (Å²) in [6.07, 6.45) is 46.9. The van der Waals surface area contributed by atoms with Crippen LogP contribution in [0.3, 0.4) is 0 Å². The van der Waals surface area contributed by atoms with Gasteiger partial charge in [-0.3, -0.25) is 4.79 Å². The maximum Gasteiger partial charge on any atom is 0.220 e. The molecule has 1 heterocycles. The van der Waals surface area contributed by atoms with Gasteiger partial charge in [0.15, 0.2) is 6.29 Å². The first-order valence-electron chi connectivity index (χ1n) is 24.5. The first kappa shape index (κ1) is 55.9. The summed E-state index contributed by atoms with van der Waals surface area (Å²) in [7, 11) is 0. The van der Waals surface area contributed by atoms with E-state index in [4.69, 9.17) is 9.47 Å². The Labute approximate surface area is 366 Å². The summed E-state index contributed by atoms with van der Waals surface area (Å²) in [5.74, 6) is -0.199. The molecule has 7 atom stereocenters. The maximum absolute atomic E-state index is 13.0. The highest BCUT2D eigenvalue weighted by Crippen LogP contribution is 2.22. The van der Waals surface area contributed by atoms with Gasteiger partial charge in [-0.2, -0.15) is 0 Å². The summed E-state index contributed by atoms with van der Waals surface area (Å²) >= 11 is 0. The third-order valence-electron chi connectivity index (χ3n) is 11.3. The molecule has 348 valence electrons. The Hall–Kier alpha value is -2.11. The number of aliphatic hydroxyl groups excluding tert-OH is 5. The van der Waals surface area contributed by atoms with Crippen LogP contribution >= 0.6 is 0 Å². The Morgan fingerprint density at radius 1 is 0.583 bits per heavy atom. The lowest BCUT2D eigenvalue weighted by Gasteiger charge is -2.40. The molecule has 1 fully saturated rings. The second-order valence-electron chi connectivity index (χ2n) is 16.9. The van der Waals surface area contributed by atoms with Crippen molar-refractivity contribution >= 4 is 5.91 Å². The van der Waals surface area contributed by atoms with E-state index in [1.165, 1.54) is 109 Å². The van der Waals surface area contributed by atoms with E-state index in [1.54, 1.807) is 6.08 Å². The van der Waals surface area contributed by atoms with E-state index >= 15 is 0 Å². The van der Waals surface area contributed by atoms with Crippen LogP contribution in [0.15, 0.2) is 60.8 Å². The van der Waals surface area contributed by atoms with Gasteiger partial charge in [0.05, 0.1) is 25.4 Å². The molecular formula is C51H91NO8. The number of aliphatic hydroxyl groups is 5. The van der Waals surface area contributed by atoms with Crippen molar-refractivity contribution in [2.45, 2.75) is 243 Å². The zero-order valence-corrected chi connectivity index (χ0v) is 38.2. The molecule has 0 aromatic carbocycles. The highest BCUT2D eigenvalue weighted by molar-refractivity contribution is 5.76. The molecule has 9 nitrogen and oxygen atoms in total. The molecule has 9 heteroatoms. The van der Waals surface area contributed by atoms with Crippen molar-refractivity contribution < 1.29 is 39.8 Å². The average Bonchev–Trinajstić information content (AvgIpc) is 3.25. The lowest BCUT2D eigenvalue weighted by molar-refractivity contribution is -0.302. The molecule has 1 saturated heterocycles. The highest BCUT2D eigenvalue weighted by atomic mass is 16.7. The molecule has 0 aromatic heterocycles. The van der Waals surface area contributed by atoms with E-state index in [-0.39, 0.29) is 12.5 Å². The minimum atomic E-state index is -1.58. The maximum atomic E-state index is 13.0. The van der Waals surface area contributed by atoms with Crippen LogP contribution in [0.1, 0.15) is 200 Å². The van der Waals surface area contributed by atoms with Crippen molar-refractivity contribution in [2.75, 3.05) is 13.2 Å². The molecule has 6 N–H and O–H groups in total. The van der Waals surface area contributed by atoms with Crippen LogP contribution in [0.4, 0.5) is 0 Å². The Balaban J connectivity index is 2.36. The van der Waals surface area contributed by atoms with E-state index in [9.17, 15) is 30.3 Å². The van der Waals surface area contributed by atoms with Gasteiger partial charge in [-0.15, -0.1) is 0 Å². The number of hydrogen-bond donors (Lipinski definition) is 6. The number of carbonyl (C=O) groups is 1. The fourth-order valence-corrected chi connectivity index (χ4v) is 7.42. The van der Waals surface area contributed by atoms with Gasteiger partial charge in [-0.05, 0) is 64.2 Å². The number of hydrogen-bond acceptors (Lipinski definition) is 8. The normalized spacial score (nSPS) is 21.1. The zero-order chi connectivity index (χ0) is 43.7. The minimum Gasteiger partial charge on any atom is -0.394 e. The summed E-state index contributed by atoms with van der Waals surface area (Å²) in [5, 5.41) is 54.3. The fraction of sp³-hybridized carbons (Fsp3) is 0.784. The molecule has 1 amide bonds. The van der Waals surface area contributed by atoms with Crippen molar-refractivity contribution in [3.63, 3.8) is 0 Å². The summed E-state index contributed by atoms with van der Waals surface area (Å²) in [6.45, 7) is 3.64. The third kappa shape index (κ3) is 30.8. The van der Waals surface area contributed by atoms with Gasteiger partial charge in [0, 0.05) is 6.42 Å². The standard InChI is InChI=1S/C51H91NO8/c1-3-5-7-9-11-13-15-17-19-21-22-23-25-26-28-30-32-34-36-38-40-45(54)44(43-59-51-50(58)49(57)48(56)46(42-53)60-51)52-47(55)41-39-37-35-33-31-29-27-24-20-18-16-14-12-10-8-6-4-2/h6,8,12,14,18,20,30,32,38,40,44-46,48-51,53-54,56-58H,3-5,7,9-11,13,15-17,19,21-29,31,33-37,39,41-43H2,1-2H3,(H,52,55)/b8-6-,14-12-,20-18-,32-30+,40-38+. The van der Waals surface area contributed by atoms with E-state index in [1.807, 2.05) is 6.08 Å². The quantitative estimate of drug-likeness (QED) is 0.0264. The Morgan fingerprint density at radius 2 is 1.05 bits per heavy atom. The molecule has 1 aliphatic rings. The van der Waals surface area contributed by atoms with Crippen LogP contribution < -0.4 is 5.32 Å². The van der Waals surface area contributed by atoms with E-state index < -0.39 is 49.5 Å². The van der Waals surface area contributed by atoms with Crippen LogP contribution in [0.2, 0.25) is 0 Å². The first-order chi connectivity index (χ1) is 29.3. The van der Waals surface area contributed by atoms with Crippen LogP contribution in [0.25, 0.3) is 0 Å². The molecule has 7 unspecified atom stereocenters. The number of unbranched alkanes of at least 4 members (excludes halogenated alkanes) is 22. The Morgan fingerprint density at radius 3 is 1.60 bits per heavy atom. The topological polar surface area (TPSA) is 149 Å². The second kappa shape index (κ2) is 40.9. The van der Waals surface area contributed by atoms with Crippen LogP contribution in [-0.2, 0) is 14.3 Å². The van der Waals surface area contributed by atoms with E-state index in [0.717, 1.165) is 70.6 Å². The number of nitrogens with one attached hydrogen (secondary N) is 1. The van der Waals surface area contributed by atoms with Gasteiger partial charge in [0.2, 0.25) is 5.91 Å². The first-order valence-corrected chi connectivity index (χ1v) is 24.5.